The summed E-state index contributed by atoms with van der Waals surface area (Å²) in [5, 5.41) is 0. The summed E-state index contributed by atoms with van der Waals surface area (Å²) >= 11 is 0. The van der Waals surface area contributed by atoms with E-state index in [1.807, 2.05) is 0 Å². The first-order chi connectivity index (χ1) is 6.48. The molecule has 2 N–H and O–H groups in total. The van der Waals surface area contributed by atoms with Crippen molar-refractivity contribution in [2.75, 3.05) is 24.6 Å². The lowest BCUT2D eigenvalue weighted by molar-refractivity contribution is -0.142. The number of alkyl halides is 2. The number of carbonyl (C=O) groups is 1. The minimum absolute atomic E-state index is 0.0305. The fourth-order valence-corrected chi connectivity index (χ4v) is 2.61. The van der Waals surface area contributed by atoms with Crippen molar-refractivity contribution in [2.24, 2.45) is 10.3 Å². The second-order valence-electron chi connectivity index (χ2n) is 2.91. The number of hydrogen-bond acceptors (Lipinski definition) is 3. The van der Waals surface area contributed by atoms with Crippen molar-refractivity contribution in [1.29, 1.82) is 0 Å². The molecule has 0 aromatic carbocycles. The Morgan fingerprint density at radius 2 is 1.93 bits per heavy atom. The molecular weight excluding hydrogens is 216 g/mol. The van der Waals surface area contributed by atoms with Gasteiger partial charge in [-0.25, -0.2) is 10.1 Å². The van der Waals surface area contributed by atoms with Gasteiger partial charge in [0.05, 0.1) is 21.2 Å². The molecule has 0 unspecified atom stereocenters. The van der Waals surface area contributed by atoms with Gasteiger partial charge in [0.1, 0.15) is 0 Å². The third-order valence-electron chi connectivity index (χ3n) is 2.05. The monoisotopic (exact) mass is 227 g/mol. The highest BCUT2D eigenvalue weighted by Crippen LogP contribution is 2.09. The summed E-state index contributed by atoms with van der Waals surface area (Å²) in [5.41, 5.74) is 0. The molecule has 14 heavy (non-hydrogen) atoms. The molecule has 1 fully saturated rings. The highest BCUT2D eigenvalue weighted by atomic mass is 32.2. The minimum Gasteiger partial charge on any atom is -0.336 e. The number of carbonyl (C=O) groups excluding carboxylic acids is 1. The quantitative estimate of drug-likeness (QED) is 0.481. The van der Waals surface area contributed by atoms with E-state index in [1.54, 1.807) is 0 Å². The van der Waals surface area contributed by atoms with E-state index in [0.717, 1.165) is 4.90 Å². The first-order valence-corrected chi connectivity index (χ1v) is 5.82. The molecule has 1 saturated heterocycles. The van der Waals surface area contributed by atoms with E-state index in [-0.39, 0.29) is 24.6 Å². The van der Waals surface area contributed by atoms with Gasteiger partial charge in [-0.1, -0.05) is 0 Å². The topological polar surface area (TPSA) is 75.8 Å². The van der Waals surface area contributed by atoms with Crippen LogP contribution < -0.4 is 5.84 Å². The summed E-state index contributed by atoms with van der Waals surface area (Å²) in [5.74, 6) is 3.84. The first kappa shape index (κ1) is 11.3. The highest BCUT2D eigenvalue weighted by Gasteiger charge is 2.28. The van der Waals surface area contributed by atoms with E-state index >= 15 is 0 Å². The summed E-state index contributed by atoms with van der Waals surface area (Å²) < 4.78 is 38.7. The SMILES string of the molecule is NN=S1(=O)CCN(C(=O)C(F)F)CC1. The van der Waals surface area contributed by atoms with Crippen molar-refractivity contribution in [3.8, 4) is 0 Å². The molecule has 0 aromatic rings. The van der Waals surface area contributed by atoms with Crippen LogP contribution in [0.5, 0.6) is 0 Å². The third kappa shape index (κ3) is 2.38. The van der Waals surface area contributed by atoms with Crippen LogP contribution in [0.25, 0.3) is 0 Å². The number of hydrogen-bond donors (Lipinski definition) is 1. The van der Waals surface area contributed by atoms with Crippen LogP contribution in [-0.4, -0.2) is 46.0 Å². The largest absolute Gasteiger partial charge is 0.336 e. The van der Waals surface area contributed by atoms with E-state index in [4.69, 9.17) is 5.84 Å². The number of nitrogens with zero attached hydrogens (tertiary/aromatic N) is 2. The molecule has 5 nitrogen and oxygen atoms in total. The maximum Gasteiger partial charge on any atom is 0.315 e. The fourth-order valence-electron chi connectivity index (χ4n) is 1.18. The summed E-state index contributed by atoms with van der Waals surface area (Å²) in [6, 6.07) is 0. The van der Waals surface area contributed by atoms with Crippen LogP contribution in [0.2, 0.25) is 0 Å². The number of halogens is 2. The smallest absolute Gasteiger partial charge is 0.315 e. The van der Waals surface area contributed by atoms with Gasteiger partial charge in [-0.2, -0.15) is 13.3 Å². The zero-order valence-electron chi connectivity index (χ0n) is 7.36. The zero-order chi connectivity index (χ0) is 10.8. The Kier molecular flexibility index (Phi) is 3.38. The number of nitrogens with two attached hydrogens (primary N) is 1. The summed E-state index contributed by atoms with van der Waals surface area (Å²) in [6.07, 6.45) is -3.00. The molecule has 1 rings (SSSR count). The Hall–Kier alpha value is -0.760. The Balaban J connectivity index is 2.60. The van der Waals surface area contributed by atoms with Gasteiger partial charge in [-0.15, -0.1) is 0 Å². The van der Waals surface area contributed by atoms with E-state index in [1.165, 1.54) is 0 Å². The van der Waals surface area contributed by atoms with Gasteiger partial charge in [-0.3, -0.25) is 4.79 Å². The summed E-state index contributed by atoms with van der Waals surface area (Å²) in [6.45, 7) is 0.0609. The molecule has 0 spiro atoms. The van der Waals surface area contributed by atoms with Crippen LogP contribution in [0, 0.1) is 0 Å². The molecule has 0 aromatic heterocycles. The Labute approximate surface area is 80.4 Å². The van der Waals surface area contributed by atoms with Crippen molar-refractivity contribution in [3.05, 3.63) is 0 Å². The van der Waals surface area contributed by atoms with E-state index in [0.29, 0.717) is 0 Å². The van der Waals surface area contributed by atoms with Crippen LogP contribution in [0.15, 0.2) is 4.47 Å². The van der Waals surface area contributed by atoms with Gasteiger partial charge >= 0.3 is 6.43 Å². The third-order valence-corrected chi connectivity index (χ3v) is 4.08. The average Bonchev–Trinajstić information content (AvgIpc) is 2.18. The zero-order valence-corrected chi connectivity index (χ0v) is 8.17. The van der Waals surface area contributed by atoms with E-state index < -0.39 is 22.1 Å². The van der Waals surface area contributed by atoms with E-state index in [9.17, 15) is 17.8 Å². The molecule has 0 radical (unpaired) electrons. The van der Waals surface area contributed by atoms with Crippen molar-refractivity contribution in [3.63, 3.8) is 0 Å². The van der Waals surface area contributed by atoms with Crippen LogP contribution in [-0.2, 0) is 14.5 Å². The van der Waals surface area contributed by atoms with Crippen molar-refractivity contribution < 1.29 is 17.8 Å². The molecule has 1 aliphatic heterocycles. The predicted molar refractivity (Wildman–Crippen MR) is 47.1 cm³/mol. The molecule has 0 bridgehead atoms. The fraction of sp³-hybridized carbons (Fsp3) is 0.833. The van der Waals surface area contributed by atoms with Gasteiger partial charge in [-0.05, 0) is 0 Å². The van der Waals surface area contributed by atoms with Crippen LogP contribution in [0.3, 0.4) is 0 Å². The lowest BCUT2D eigenvalue weighted by atomic mass is 10.4. The number of rotatable bonds is 1. The molecule has 0 aliphatic carbocycles. The Morgan fingerprint density at radius 3 is 2.29 bits per heavy atom. The average molecular weight is 227 g/mol. The van der Waals surface area contributed by atoms with Gasteiger partial charge in [0.25, 0.3) is 5.91 Å². The van der Waals surface area contributed by atoms with Crippen molar-refractivity contribution >= 4 is 15.6 Å². The first-order valence-electron chi connectivity index (χ1n) is 3.97. The Bertz CT molecular complexity index is 324. The standard InChI is InChI=1S/C6H11F2N3O2S/c7-5(8)6(12)11-1-3-14(13,10-9)4-2-11/h5H,1-4,9H2. The summed E-state index contributed by atoms with van der Waals surface area (Å²) in [4.78, 5) is 11.8. The predicted octanol–water partition coefficient (Wildman–Crippen LogP) is -0.565. The van der Waals surface area contributed by atoms with Crippen molar-refractivity contribution in [2.45, 2.75) is 6.43 Å². The number of amides is 1. The van der Waals surface area contributed by atoms with E-state index in [2.05, 4.69) is 4.47 Å². The molecule has 1 amide bonds. The van der Waals surface area contributed by atoms with Crippen LogP contribution in [0.1, 0.15) is 0 Å². The molecule has 0 atom stereocenters. The lowest BCUT2D eigenvalue weighted by Crippen LogP contribution is -2.46. The second kappa shape index (κ2) is 4.18. The Morgan fingerprint density at radius 1 is 1.43 bits per heavy atom. The highest BCUT2D eigenvalue weighted by molar-refractivity contribution is 7.93. The maximum absolute atomic E-state index is 12.0. The molecule has 82 valence electrons. The lowest BCUT2D eigenvalue weighted by Gasteiger charge is -2.27. The van der Waals surface area contributed by atoms with Crippen LogP contribution in [0.4, 0.5) is 8.78 Å². The molecular formula is C6H11F2N3O2S. The molecule has 0 saturated carbocycles. The summed E-state index contributed by atoms with van der Waals surface area (Å²) in [7, 11) is -2.46. The molecule has 8 heteroatoms. The molecule has 1 aliphatic rings. The second-order valence-corrected chi connectivity index (χ2v) is 5.48. The molecule has 1 heterocycles. The maximum atomic E-state index is 12.0. The normalized spacial score (nSPS) is 21.0. The van der Waals surface area contributed by atoms with Gasteiger partial charge in [0.15, 0.2) is 0 Å². The van der Waals surface area contributed by atoms with Gasteiger partial charge in [0.2, 0.25) is 0 Å². The van der Waals surface area contributed by atoms with Crippen molar-refractivity contribution in [1.82, 2.24) is 4.90 Å². The van der Waals surface area contributed by atoms with Gasteiger partial charge < -0.3 is 4.90 Å². The van der Waals surface area contributed by atoms with Crippen LogP contribution >= 0.6 is 0 Å². The van der Waals surface area contributed by atoms with Gasteiger partial charge in [0, 0.05) is 13.1 Å². The minimum atomic E-state index is -3.00.